The standard InChI is InChI=1S/C22H25ClN4O2/c1-14(2)21-24-15(3)10-20(25-21)26-6-8-27(9-7-26)22(28)17-11-16-12-18(23)4-5-19(16)29-13-17/h4-5,10-12,14H,6-9,13H2,1-3H3. The summed E-state index contributed by atoms with van der Waals surface area (Å²) >= 11 is 6.07. The SMILES string of the molecule is Cc1cc(N2CCN(C(=O)C3=Cc4cc(Cl)ccc4OC3)CC2)nc(C(C)C)n1. The predicted molar refractivity (Wildman–Crippen MR) is 115 cm³/mol. The molecule has 4 rings (SSSR count). The van der Waals surface area contributed by atoms with Gasteiger partial charge in [0.05, 0.1) is 5.57 Å². The minimum atomic E-state index is 0.0250. The maximum absolute atomic E-state index is 13.0. The molecule has 29 heavy (non-hydrogen) atoms. The minimum absolute atomic E-state index is 0.0250. The molecule has 1 aromatic carbocycles. The van der Waals surface area contributed by atoms with Crippen molar-refractivity contribution in [2.75, 3.05) is 37.7 Å². The van der Waals surface area contributed by atoms with Gasteiger partial charge >= 0.3 is 0 Å². The first-order chi connectivity index (χ1) is 13.9. The molecule has 0 bridgehead atoms. The molecule has 0 radical (unpaired) electrons. The lowest BCUT2D eigenvalue weighted by Gasteiger charge is -2.36. The third-order valence-electron chi connectivity index (χ3n) is 5.22. The van der Waals surface area contributed by atoms with Crippen LogP contribution in [-0.2, 0) is 4.79 Å². The molecule has 0 spiro atoms. The van der Waals surface area contributed by atoms with Crippen molar-refractivity contribution in [3.8, 4) is 5.75 Å². The summed E-state index contributed by atoms with van der Waals surface area (Å²) in [5.41, 5.74) is 2.48. The van der Waals surface area contributed by atoms with Crippen LogP contribution in [0.25, 0.3) is 6.08 Å². The van der Waals surface area contributed by atoms with Crippen LogP contribution >= 0.6 is 11.6 Å². The molecular weight excluding hydrogens is 388 g/mol. The van der Waals surface area contributed by atoms with Gasteiger partial charge in [0.15, 0.2) is 0 Å². The van der Waals surface area contributed by atoms with Crippen molar-refractivity contribution in [3.05, 3.63) is 51.9 Å². The number of fused-ring (bicyclic) bond motifs is 1. The average Bonchev–Trinajstić information content (AvgIpc) is 2.72. The fourth-order valence-electron chi connectivity index (χ4n) is 3.61. The highest BCUT2D eigenvalue weighted by Gasteiger charge is 2.26. The molecule has 0 aliphatic carbocycles. The highest BCUT2D eigenvalue weighted by Crippen LogP contribution is 2.29. The molecular formula is C22H25ClN4O2. The lowest BCUT2D eigenvalue weighted by atomic mass is 10.1. The Morgan fingerprint density at radius 2 is 1.90 bits per heavy atom. The van der Waals surface area contributed by atoms with Crippen molar-refractivity contribution in [2.45, 2.75) is 26.7 Å². The summed E-state index contributed by atoms with van der Waals surface area (Å²) < 4.78 is 5.74. The van der Waals surface area contributed by atoms with E-state index < -0.39 is 0 Å². The molecule has 1 fully saturated rings. The monoisotopic (exact) mass is 412 g/mol. The lowest BCUT2D eigenvalue weighted by Crippen LogP contribution is -2.50. The first-order valence-corrected chi connectivity index (χ1v) is 10.3. The minimum Gasteiger partial charge on any atom is -0.488 e. The zero-order chi connectivity index (χ0) is 20.5. The molecule has 0 atom stereocenters. The van der Waals surface area contributed by atoms with Crippen molar-refractivity contribution in [1.82, 2.24) is 14.9 Å². The summed E-state index contributed by atoms with van der Waals surface area (Å²) in [6.07, 6.45) is 1.89. The van der Waals surface area contributed by atoms with Gasteiger partial charge in [-0.25, -0.2) is 9.97 Å². The summed E-state index contributed by atoms with van der Waals surface area (Å²) in [6.45, 7) is 9.28. The van der Waals surface area contributed by atoms with E-state index in [-0.39, 0.29) is 18.4 Å². The maximum atomic E-state index is 13.0. The molecule has 0 saturated carbocycles. The van der Waals surface area contributed by atoms with Gasteiger partial charge in [-0.2, -0.15) is 0 Å². The number of carbonyl (C=O) groups excluding carboxylic acids is 1. The van der Waals surface area contributed by atoms with Gasteiger partial charge in [-0.1, -0.05) is 25.4 Å². The topological polar surface area (TPSA) is 58.6 Å². The zero-order valence-corrected chi connectivity index (χ0v) is 17.7. The van der Waals surface area contributed by atoms with E-state index >= 15 is 0 Å². The van der Waals surface area contributed by atoms with Gasteiger partial charge in [0, 0.05) is 54.4 Å². The number of ether oxygens (including phenoxy) is 1. The zero-order valence-electron chi connectivity index (χ0n) is 17.0. The van der Waals surface area contributed by atoms with Gasteiger partial charge in [0.2, 0.25) is 0 Å². The number of carbonyl (C=O) groups is 1. The van der Waals surface area contributed by atoms with Crippen LogP contribution in [0.2, 0.25) is 5.02 Å². The fourth-order valence-corrected chi connectivity index (χ4v) is 3.79. The summed E-state index contributed by atoms with van der Waals surface area (Å²) in [5.74, 6) is 2.87. The Bertz CT molecular complexity index is 965. The normalized spacial score (nSPS) is 16.4. The Balaban J connectivity index is 1.44. The predicted octanol–water partition coefficient (Wildman–Crippen LogP) is 3.69. The number of benzene rings is 1. The van der Waals surface area contributed by atoms with Gasteiger partial charge in [-0.15, -0.1) is 0 Å². The third kappa shape index (κ3) is 4.22. The number of amides is 1. The van der Waals surface area contributed by atoms with Crippen LogP contribution in [0.4, 0.5) is 5.82 Å². The van der Waals surface area contributed by atoms with E-state index in [2.05, 4.69) is 23.7 Å². The average molecular weight is 413 g/mol. The fraction of sp³-hybridized carbons (Fsp3) is 0.409. The summed E-state index contributed by atoms with van der Waals surface area (Å²) in [6, 6.07) is 7.47. The van der Waals surface area contributed by atoms with E-state index in [0.29, 0.717) is 23.7 Å². The largest absolute Gasteiger partial charge is 0.488 e. The van der Waals surface area contributed by atoms with Crippen molar-refractivity contribution >= 4 is 29.4 Å². The molecule has 2 aromatic rings. The van der Waals surface area contributed by atoms with Crippen molar-refractivity contribution in [3.63, 3.8) is 0 Å². The first-order valence-electron chi connectivity index (χ1n) is 9.93. The van der Waals surface area contributed by atoms with E-state index in [1.807, 2.05) is 36.1 Å². The van der Waals surface area contributed by atoms with Gasteiger partial charge in [0.25, 0.3) is 5.91 Å². The van der Waals surface area contributed by atoms with Crippen LogP contribution in [0.1, 0.15) is 36.8 Å². The summed E-state index contributed by atoms with van der Waals surface area (Å²) in [4.78, 5) is 26.3. The van der Waals surface area contributed by atoms with Crippen LogP contribution in [0, 0.1) is 6.92 Å². The molecule has 2 aliphatic heterocycles. The number of nitrogens with zero attached hydrogens (tertiary/aromatic N) is 4. The van der Waals surface area contributed by atoms with Crippen LogP contribution in [-0.4, -0.2) is 53.6 Å². The number of piperazine rings is 1. The Kier molecular flexibility index (Phi) is 5.46. The number of aryl methyl sites for hydroxylation is 1. The van der Waals surface area contributed by atoms with E-state index in [1.54, 1.807) is 6.07 Å². The van der Waals surface area contributed by atoms with Crippen LogP contribution in [0.15, 0.2) is 29.8 Å². The molecule has 1 amide bonds. The molecule has 152 valence electrons. The van der Waals surface area contributed by atoms with Gasteiger partial charge < -0.3 is 14.5 Å². The maximum Gasteiger partial charge on any atom is 0.253 e. The molecule has 6 nitrogen and oxygen atoms in total. The number of hydrogen-bond acceptors (Lipinski definition) is 5. The Hall–Kier alpha value is -2.60. The van der Waals surface area contributed by atoms with E-state index in [1.165, 1.54) is 0 Å². The van der Waals surface area contributed by atoms with Crippen LogP contribution < -0.4 is 9.64 Å². The van der Waals surface area contributed by atoms with Crippen LogP contribution in [0.3, 0.4) is 0 Å². The summed E-state index contributed by atoms with van der Waals surface area (Å²) in [5, 5.41) is 0.631. The number of rotatable bonds is 3. The Morgan fingerprint density at radius 3 is 2.62 bits per heavy atom. The summed E-state index contributed by atoms with van der Waals surface area (Å²) in [7, 11) is 0. The van der Waals surface area contributed by atoms with Crippen molar-refractivity contribution in [2.24, 2.45) is 0 Å². The third-order valence-corrected chi connectivity index (χ3v) is 5.46. The molecule has 2 aliphatic rings. The Labute approximate surface area is 176 Å². The van der Waals surface area contributed by atoms with Gasteiger partial charge in [-0.3, -0.25) is 4.79 Å². The first kappa shape index (κ1) is 19.7. The second-order valence-corrected chi connectivity index (χ2v) is 8.24. The molecule has 7 heteroatoms. The van der Waals surface area contributed by atoms with Gasteiger partial charge in [-0.05, 0) is 31.2 Å². The lowest BCUT2D eigenvalue weighted by molar-refractivity contribution is -0.127. The second kappa shape index (κ2) is 8.03. The molecule has 3 heterocycles. The van der Waals surface area contributed by atoms with Crippen molar-refractivity contribution in [1.29, 1.82) is 0 Å². The number of anilines is 1. The highest BCUT2D eigenvalue weighted by molar-refractivity contribution is 6.30. The Morgan fingerprint density at radius 1 is 1.14 bits per heavy atom. The van der Waals surface area contributed by atoms with Crippen molar-refractivity contribution < 1.29 is 9.53 Å². The molecule has 1 saturated heterocycles. The quantitative estimate of drug-likeness (QED) is 0.769. The van der Waals surface area contributed by atoms with E-state index in [4.69, 9.17) is 21.3 Å². The highest BCUT2D eigenvalue weighted by atomic mass is 35.5. The second-order valence-electron chi connectivity index (χ2n) is 7.80. The van der Waals surface area contributed by atoms with Gasteiger partial charge in [0.1, 0.15) is 24.0 Å². The molecule has 0 unspecified atom stereocenters. The smallest absolute Gasteiger partial charge is 0.253 e. The van der Waals surface area contributed by atoms with Crippen LogP contribution in [0.5, 0.6) is 5.75 Å². The van der Waals surface area contributed by atoms with E-state index in [9.17, 15) is 4.79 Å². The molecule has 1 aromatic heterocycles. The molecule has 0 N–H and O–H groups in total. The number of halogens is 1. The van der Waals surface area contributed by atoms with E-state index in [0.717, 1.165) is 41.7 Å². The number of hydrogen-bond donors (Lipinski definition) is 0. The number of aromatic nitrogens is 2.